The van der Waals surface area contributed by atoms with Crippen molar-refractivity contribution < 1.29 is 13.6 Å². The molecule has 1 aliphatic heterocycles. The van der Waals surface area contributed by atoms with Gasteiger partial charge in [0.1, 0.15) is 0 Å². The number of hydrogen-bond acceptors (Lipinski definition) is 1. The third kappa shape index (κ3) is 1.18. The van der Waals surface area contributed by atoms with Gasteiger partial charge in [0.05, 0.1) is 12.1 Å². The molecule has 1 amide bonds. The van der Waals surface area contributed by atoms with Gasteiger partial charge < -0.3 is 0 Å². The van der Waals surface area contributed by atoms with Crippen molar-refractivity contribution in [3.05, 3.63) is 29.8 Å². The number of amides is 1. The van der Waals surface area contributed by atoms with Gasteiger partial charge in [0, 0.05) is 0 Å². The number of halogens is 2. The highest BCUT2D eigenvalue weighted by Crippen LogP contribution is 2.30. The molecule has 0 unspecified atom stereocenters. The number of carbonyl (C=O) groups excluding carboxylic acids is 1. The molecule has 0 N–H and O–H groups in total. The summed E-state index contributed by atoms with van der Waals surface area (Å²) < 4.78 is 24.7. The highest BCUT2D eigenvalue weighted by atomic mass is 19.3. The second kappa shape index (κ2) is 2.80. The van der Waals surface area contributed by atoms with Gasteiger partial charge in [0.15, 0.2) is 0 Å². The van der Waals surface area contributed by atoms with E-state index in [0.717, 1.165) is 0 Å². The fraction of sp³-hybridized carbons (Fsp3) is 0.222. The lowest BCUT2D eigenvalue weighted by molar-refractivity contribution is -0.119. The summed E-state index contributed by atoms with van der Waals surface area (Å²) >= 11 is 0. The van der Waals surface area contributed by atoms with E-state index in [4.69, 9.17) is 0 Å². The summed E-state index contributed by atoms with van der Waals surface area (Å²) in [6.45, 7) is -2.76. The molecule has 2 rings (SSSR count). The first-order chi connectivity index (χ1) is 6.20. The Kier molecular flexibility index (Phi) is 1.76. The SMILES string of the molecule is O=C1Cc2cc[c]cc2N1C(F)F. The topological polar surface area (TPSA) is 20.3 Å². The van der Waals surface area contributed by atoms with Crippen LogP contribution in [0.15, 0.2) is 18.2 Å². The monoisotopic (exact) mass is 182 g/mol. The number of alkyl halides is 2. The van der Waals surface area contributed by atoms with Crippen LogP contribution in [0.4, 0.5) is 14.5 Å². The van der Waals surface area contributed by atoms with E-state index in [1.54, 1.807) is 12.1 Å². The maximum absolute atomic E-state index is 12.4. The molecule has 67 valence electrons. The number of benzene rings is 1. The molecular weight excluding hydrogens is 176 g/mol. The second-order valence-corrected chi connectivity index (χ2v) is 2.77. The van der Waals surface area contributed by atoms with Crippen LogP contribution in [-0.4, -0.2) is 12.5 Å². The molecule has 0 atom stereocenters. The number of anilines is 1. The van der Waals surface area contributed by atoms with Crippen LogP contribution in [-0.2, 0) is 11.2 Å². The Morgan fingerprint density at radius 3 is 3.00 bits per heavy atom. The van der Waals surface area contributed by atoms with Crippen LogP contribution in [0.25, 0.3) is 0 Å². The Morgan fingerprint density at radius 2 is 2.31 bits per heavy atom. The maximum Gasteiger partial charge on any atom is 0.321 e. The lowest BCUT2D eigenvalue weighted by Crippen LogP contribution is -2.31. The van der Waals surface area contributed by atoms with Crippen LogP contribution in [0.2, 0.25) is 0 Å². The Balaban J connectivity index is 2.46. The summed E-state index contributed by atoms with van der Waals surface area (Å²) in [7, 11) is 0. The Labute approximate surface area is 73.8 Å². The average Bonchev–Trinajstić information content (AvgIpc) is 2.39. The van der Waals surface area contributed by atoms with Crippen molar-refractivity contribution in [2.75, 3.05) is 4.90 Å². The van der Waals surface area contributed by atoms with E-state index in [-0.39, 0.29) is 12.1 Å². The van der Waals surface area contributed by atoms with Gasteiger partial charge in [-0.25, -0.2) is 0 Å². The van der Waals surface area contributed by atoms with E-state index in [9.17, 15) is 13.6 Å². The standard InChI is InChI=1S/C9H6F2NO/c10-9(11)12-7-4-2-1-3-6(7)5-8(12)13/h1,3-4,9H,5H2. The predicted octanol–water partition coefficient (Wildman–Crippen LogP) is 1.60. The van der Waals surface area contributed by atoms with Gasteiger partial charge in [-0.2, -0.15) is 8.78 Å². The lowest BCUT2D eigenvalue weighted by Gasteiger charge is -2.15. The van der Waals surface area contributed by atoms with Crippen LogP contribution >= 0.6 is 0 Å². The largest absolute Gasteiger partial charge is 0.321 e. The van der Waals surface area contributed by atoms with Crippen LogP contribution in [0.5, 0.6) is 0 Å². The minimum atomic E-state index is -2.76. The molecule has 0 saturated carbocycles. The van der Waals surface area contributed by atoms with Crippen molar-refractivity contribution in [1.82, 2.24) is 0 Å². The third-order valence-electron chi connectivity index (χ3n) is 1.99. The smallest absolute Gasteiger partial charge is 0.274 e. The zero-order valence-electron chi connectivity index (χ0n) is 6.63. The highest BCUT2D eigenvalue weighted by molar-refractivity contribution is 6.01. The molecule has 1 radical (unpaired) electrons. The fourth-order valence-corrected chi connectivity index (χ4v) is 1.42. The number of rotatable bonds is 1. The van der Waals surface area contributed by atoms with Crippen molar-refractivity contribution >= 4 is 11.6 Å². The number of carbonyl (C=O) groups is 1. The first kappa shape index (κ1) is 8.16. The maximum atomic E-state index is 12.4. The van der Waals surface area contributed by atoms with Crippen LogP contribution in [0.3, 0.4) is 0 Å². The number of fused-ring (bicyclic) bond motifs is 1. The van der Waals surface area contributed by atoms with Gasteiger partial charge in [0.2, 0.25) is 5.91 Å². The molecule has 0 bridgehead atoms. The number of nitrogens with zero attached hydrogens (tertiary/aromatic N) is 1. The molecule has 1 aromatic carbocycles. The minimum Gasteiger partial charge on any atom is -0.274 e. The van der Waals surface area contributed by atoms with E-state index in [2.05, 4.69) is 6.07 Å². The molecule has 0 aliphatic carbocycles. The van der Waals surface area contributed by atoms with Gasteiger partial charge in [-0.1, -0.05) is 12.1 Å². The van der Waals surface area contributed by atoms with Crippen LogP contribution in [0.1, 0.15) is 5.56 Å². The molecule has 4 heteroatoms. The van der Waals surface area contributed by atoms with Crippen molar-refractivity contribution in [2.45, 2.75) is 13.0 Å². The van der Waals surface area contributed by atoms with E-state index in [1.807, 2.05) is 0 Å². The summed E-state index contributed by atoms with van der Waals surface area (Å²) in [5.41, 5.74) is 0.923. The van der Waals surface area contributed by atoms with E-state index in [0.29, 0.717) is 10.5 Å². The van der Waals surface area contributed by atoms with E-state index < -0.39 is 12.5 Å². The highest BCUT2D eigenvalue weighted by Gasteiger charge is 2.32. The van der Waals surface area contributed by atoms with Gasteiger partial charge in [-0.15, -0.1) is 0 Å². The molecule has 0 aromatic heterocycles. The zero-order chi connectivity index (χ0) is 9.42. The van der Waals surface area contributed by atoms with Crippen LogP contribution < -0.4 is 4.90 Å². The summed E-state index contributed by atoms with van der Waals surface area (Å²) in [6, 6.07) is 7.33. The lowest BCUT2D eigenvalue weighted by atomic mass is 10.2. The van der Waals surface area contributed by atoms with Crippen molar-refractivity contribution in [2.24, 2.45) is 0 Å². The van der Waals surface area contributed by atoms with Crippen molar-refractivity contribution in [3.8, 4) is 0 Å². The molecule has 1 aliphatic rings. The summed E-state index contributed by atoms with van der Waals surface area (Å²) in [5.74, 6) is -0.551. The summed E-state index contributed by atoms with van der Waals surface area (Å²) in [6.07, 6.45) is 0.0638. The van der Waals surface area contributed by atoms with E-state index in [1.165, 1.54) is 6.07 Å². The van der Waals surface area contributed by atoms with Crippen LogP contribution in [0, 0.1) is 6.07 Å². The summed E-state index contributed by atoms with van der Waals surface area (Å²) in [5, 5.41) is 0. The molecule has 2 nitrogen and oxygen atoms in total. The second-order valence-electron chi connectivity index (χ2n) is 2.77. The fourth-order valence-electron chi connectivity index (χ4n) is 1.42. The van der Waals surface area contributed by atoms with E-state index >= 15 is 0 Å². The van der Waals surface area contributed by atoms with Gasteiger partial charge in [-0.3, -0.25) is 9.69 Å². The predicted molar refractivity (Wildman–Crippen MR) is 42.5 cm³/mol. The first-order valence-corrected chi connectivity index (χ1v) is 3.79. The quantitative estimate of drug-likeness (QED) is 0.604. The zero-order valence-corrected chi connectivity index (χ0v) is 6.63. The Hall–Kier alpha value is -1.45. The average molecular weight is 182 g/mol. The third-order valence-corrected chi connectivity index (χ3v) is 1.99. The number of hydrogen-bond donors (Lipinski definition) is 0. The Bertz CT molecular complexity index is 351. The molecule has 1 heterocycles. The van der Waals surface area contributed by atoms with Gasteiger partial charge in [-0.05, 0) is 17.7 Å². The minimum absolute atomic E-state index is 0.0638. The normalized spacial score (nSPS) is 15.3. The summed E-state index contributed by atoms with van der Waals surface area (Å²) in [4.78, 5) is 11.6. The van der Waals surface area contributed by atoms with Crippen molar-refractivity contribution in [3.63, 3.8) is 0 Å². The molecular formula is C9H6F2NO. The first-order valence-electron chi connectivity index (χ1n) is 3.79. The molecule has 0 saturated heterocycles. The van der Waals surface area contributed by atoms with Gasteiger partial charge in [0.25, 0.3) is 0 Å². The Morgan fingerprint density at radius 1 is 1.54 bits per heavy atom. The van der Waals surface area contributed by atoms with Gasteiger partial charge >= 0.3 is 6.55 Å². The van der Waals surface area contributed by atoms with Crippen molar-refractivity contribution in [1.29, 1.82) is 0 Å². The molecule has 0 fully saturated rings. The molecule has 13 heavy (non-hydrogen) atoms. The molecule has 0 spiro atoms. The molecule has 1 aromatic rings.